The van der Waals surface area contributed by atoms with Crippen LogP contribution in [0.25, 0.3) is 16.7 Å². The first-order valence-corrected chi connectivity index (χ1v) is 13.3. The Bertz CT molecular complexity index is 1470. The number of nitrogens with zero attached hydrogens (tertiary/aromatic N) is 5. The zero-order valence-electron chi connectivity index (χ0n) is 21.2. The number of aromatic nitrogens is 3. The Kier molecular flexibility index (Phi) is 5.85. The van der Waals surface area contributed by atoms with Crippen molar-refractivity contribution in [1.29, 1.82) is 0 Å². The van der Waals surface area contributed by atoms with Crippen molar-refractivity contribution < 1.29 is 14.3 Å². The molecule has 0 bridgehead atoms. The highest BCUT2D eigenvalue weighted by Gasteiger charge is 2.24. The number of rotatable bonds is 7. The second-order valence-electron chi connectivity index (χ2n) is 10.3. The molecule has 1 N–H and O–H groups in total. The van der Waals surface area contributed by atoms with E-state index >= 15 is 0 Å². The summed E-state index contributed by atoms with van der Waals surface area (Å²) >= 11 is 0. The zero-order valence-corrected chi connectivity index (χ0v) is 21.2. The number of benzene rings is 2. The van der Waals surface area contributed by atoms with Gasteiger partial charge in [0.25, 0.3) is 0 Å². The topological polar surface area (TPSA) is 84.8 Å². The van der Waals surface area contributed by atoms with Gasteiger partial charge in [-0.1, -0.05) is 24.3 Å². The minimum absolute atomic E-state index is 0.0782. The Labute approximate surface area is 221 Å². The fraction of sp³-hybridized carbons (Fsp3) is 0.345. The lowest BCUT2D eigenvalue weighted by atomic mass is 10.1. The van der Waals surface area contributed by atoms with Crippen LogP contribution >= 0.6 is 0 Å². The van der Waals surface area contributed by atoms with Crippen LogP contribution in [-0.2, 0) is 17.8 Å². The Morgan fingerprint density at radius 1 is 0.921 bits per heavy atom. The van der Waals surface area contributed by atoms with E-state index in [1.807, 2.05) is 41.1 Å². The molecule has 0 unspecified atom stereocenters. The summed E-state index contributed by atoms with van der Waals surface area (Å²) in [6.07, 6.45) is 4.57. The van der Waals surface area contributed by atoms with Gasteiger partial charge in [0.05, 0.1) is 11.9 Å². The summed E-state index contributed by atoms with van der Waals surface area (Å²) in [5.41, 5.74) is 3.26. The van der Waals surface area contributed by atoms with Gasteiger partial charge in [-0.25, -0.2) is 0 Å². The maximum Gasteiger partial charge on any atom is 0.231 e. The van der Waals surface area contributed by atoms with E-state index in [1.54, 1.807) is 0 Å². The van der Waals surface area contributed by atoms with Gasteiger partial charge in [0.15, 0.2) is 23.1 Å². The van der Waals surface area contributed by atoms with Crippen molar-refractivity contribution in [3.05, 3.63) is 71.9 Å². The molecule has 38 heavy (non-hydrogen) atoms. The van der Waals surface area contributed by atoms with E-state index in [0.29, 0.717) is 19.3 Å². The molecule has 9 nitrogen and oxygen atoms in total. The maximum atomic E-state index is 12.5. The number of nitrogens with one attached hydrogen (secondary N) is 1. The zero-order chi connectivity index (χ0) is 25.5. The summed E-state index contributed by atoms with van der Waals surface area (Å²) in [6.45, 7) is 4.88. The molecule has 4 heterocycles. The van der Waals surface area contributed by atoms with Crippen LogP contribution in [0, 0.1) is 0 Å². The number of fused-ring (bicyclic) bond motifs is 2. The summed E-state index contributed by atoms with van der Waals surface area (Å²) < 4.78 is 13.0. The number of ether oxygens (including phenoxy) is 2. The lowest BCUT2D eigenvalue weighted by Crippen LogP contribution is -2.46. The number of hydrogen-bond donors (Lipinski definition) is 1. The van der Waals surface area contributed by atoms with Crippen LogP contribution in [0.15, 0.2) is 60.8 Å². The van der Waals surface area contributed by atoms with Crippen LogP contribution in [0.5, 0.6) is 11.5 Å². The van der Waals surface area contributed by atoms with Crippen molar-refractivity contribution in [3.8, 4) is 17.3 Å². The predicted octanol–water partition coefficient (Wildman–Crippen LogP) is 3.29. The predicted molar refractivity (Wildman–Crippen MR) is 144 cm³/mol. The fourth-order valence-electron chi connectivity index (χ4n) is 5.31. The fourth-order valence-corrected chi connectivity index (χ4v) is 5.31. The number of anilines is 1. The molecule has 2 aliphatic heterocycles. The summed E-state index contributed by atoms with van der Waals surface area (Å²) in [5, 5.41) is 13.3. The number of amides is 1. The van der Waals surface area contributed by atoms with E-state index in [0.717, 1.165) is 85.2 Å². The number of hydrogen-bond acceptors (Lipinski definition) is 7. The van der Waals surface area contributed by atoms with E-state index < -0.39 is 0 Å². The summed E-state index contributed by atoms with van der Waals surface area (Å²) in [5.74, 6) is 3.37. The van der Waals surface area contributed by atoms with Crippen LogP contribution in [0.3, 0.4) is 0 Å². The molecule has 0 spiro atoms. The van der Waals surface area contributed by atoms with Gasteiger partial charge >= 0.3 is 0 Å². The monoisotopic (exact) mass is 510 g/mol. The first-order chi connectivity index (χ1) is 18.7. The van der Waals surface area contributed by atoms with Gasteiger partial charge in [0.1, 0.15) is 0 Å². The number of para-hydroxylation sites is 1. The third-order valence-corrected chi connectivity index (χ3v) is 7.51. The van der Waals surface area contributed by atoms with Crippen molar-refractivity contribution in [3.63, 3.8) is 0 Å². The molecule has 2 aromatic carbocycles. The molecule has 194 valence electrons. The average molecular weight is 511 g/mol. The van der Waals surface area contributed by atoms with Crippen molar-refractivity contribution in [2.45, 2.75) is 31.8 Å². The third-order valence-electron chi connectivity index (χ3n) is 7.51. The second kappa shape index (κ2) is 9.64. The van der Waals surface area contributed by atoms with E-state index in [1.165, 1.54) is 5.56 Å². The summed E-state index contributed by atoms with van der Waals surface area (Å²) in [7, 11) is 0. The van der Waals surface area contributed by atoms with Crippen LogP contribution in [0.1, 0.15) is 24.0 Å². The van der Waals surface area contributed by atoms with Gasteiger partial charge in [-0.3, -0.25) is 14.3 Å². The van der Waals surface area contributed by atoms with E-state index in [4.69, 9.17) is 9.47 Å². The van der Waals surface area contributed by atoms with Crippen molar-refractivity contribution in [2.24, 2.45) is 0 Å². The molecule has 3 aliphatic rings. The van der Waals surface area contributed by atoms with Gasteiger partial charge in [-0.2, -0.15) is 0 Å². The first kappa shape index (κ1) is 23.0. The first-order valence-electron chi connectivity index (χ1n) is 13.3. The molecule has 4 aromatic rings. The highest BCUT2D eigenvalue weighted by Crippen LogP contribution is 2.33. The lowest BCUT2D eigenvalue weighted by Gasteiger charge is -2.35. The quantitative estimate of drug-likeness (QED) is 0.408. The summed E-state index contributed by atoms with van der Waals surface area (Å²) in [6, 6.07) is 18.8. The average Bonchev–Trinajstić information content (AvgIpc) is 3.51. The van der Waals surface area contributed by atoms with E-state index in [2.05, 4.69) is 49.6 Å². The molecular weight excluding hydrogens is 480 g/mol. The molecule has 2 fully saturated rings. The molecule has 0 atom stereocenters. The highest BCUT2D eigenvalue weighted by molar-refractivity contribution is 5.90. The van der Waals surface area contributed by atoms with Crippen LogP contribution in [0.4, 0.5) is 5.82 Å². The van der Waals surface area contributed by atoms with Crippen LogP contribution in [0.2, 0.25) is 0 Å². The molecule has 2 aromatic heterocycles. The normalized spacial score (nSPS) is 17.2. The lowest BCUT2D eigenvalue weighted by molar-refractivity contribution is -0.120. The van der Waals surface area contributed by atoms with Crippen molar-refractivity contribution >= 4 is 22.6 Å². The highest BCUT2D eigenvalue weighted by atomic mass is 16.7. The Morgan fingerprint density at radius 3 is 2.53 bits per heavy atom. The largest absolute Gasteiger partial charge is 0.454 e. The Hall–Kier alpha value is -4.11. The van der Waals surface area contributed by atoms with Crippen molar-refractivity contribution in [1.82, 2.24) is 25.0 Å². The van der Waals surface area contributed by atoms with Crippen LogP contribution in [-0.4, -0.2) is 64.6 Å². The number of carbonyl (C=O) groups is 1. The van der Waals surface area contributed by atoms with E-state index in [9.17, 15) is 4.79 Å². The van der Waals surface area contributed by atoms with Gasteiger partial charge < -0.3 is 19.7 Å². The molecular formula is C29H30N6O3. The minimum atomic E-state index is 0.0782. The van der Waals surface area contributed by atoms with E-state index in [-0.39, 0.29) is 5.91 Å². The number of carbonyl (C=O) groups excluding carboxylic acids is 1. The third kappa shape index (κ3) is 4.65. The standard InChI is InChI=1S/C29H30N6O3/c36-29(30-22-6-7-22)16-21-18-35(24-4-2-1-3-23(21)24)28-10-9-27(31-32-28)34-13-11-33(12-14-34)17-20-5-8-25-26(15-20)38-19-37-25/h1-5,8-10,15,18,22H,6-7,11-14,16-17,19H2,(H,30,36). The molecule has 1 aliphatic carbocycles. The maximum absolute atomic E-state index is 12.5. The second-order valence-corrected chi connectivity index (χ2v) is 10.3. The van der Waals surface area contributed by atoms with Gasteiger partial charge in [0, 0.05) is 50.3 Å². The molecule has 7 rings (SSSR count). The molecule has 1 saturated carbocycles. The van der Waals surface area contributed by atoms with Gasteiger partial charge in [-0.05, 0) is 54.3 Å². The van der Waals surface area contributed by atoms with Crippen molar-refractivity contribution in [2.75, 3.05) is 37.9 Å². The molecule has 0 radical (unpaired) electrons. The minimum Gasteiger partial charge on any atom is -0.454 e. The molecule has 1 amide bonds. The van der Waals surface area contributed by atoms with Gasteiger partial charge in [-0.15, -0.1) is 10.2 Å². The van der Waals surface area contributed by atoms with Gasteiger partial charge in [0.2, 0.25) is 12.7 Å². The summed E-state index contributed by atoms with van der Waals surface area (Å²) in [4.78, 5) is 17.2. The molecule has 9 heteroatoms. The number of piperazine rings is 1. The smallest absolute Gasteiger partial charge is 0.231 e. The van der Waals surface area contributed by atoms with Crippen LogP contribution < -0.4 is 19.7 Å². The Balaban J connectivity index is 1.02. The SMILES string of the molecule is O=C(Cc1cn(-c2ccc(N3CCN(Cc4ccc5c(c4)OCO5)CC3)nn2)c2ccccc12)NC1CC1. The Morgan fingerprint density at radius 2 is 1.71 bits per heavy atom. The molecule has 1 saturated heterocycles.